The van der Waals surface area contributed by atoms with Crippen LogP contribution in [0.4, 0.5) is 5.69 Å². The fourth-order valence-corrected chi connectivity index (χ4v) is 3.46. The van der Waals surface area contributed by atoms with Crippen molar-refractivity contribution in [3.8, 4) is 0 Å². The molecule has 0 heterocycles. The van der Waals surface area contributed by atoms with E-state index in [1.807, 2.05) is 25.1 Å². The number of nitrogens with one attached hydrogen (secondary N) is 1. The number of hydrogen-bond acceptors (Lipinski definition) is 7. The van der Waals surface area contributed by atoms with Gasteiger partial charge in [0, 0.05) is 23.7 Å². The SMILES string of the molecule is CCCC(=O)Nc1ccc(C=O)cc1.NC1CCCCC1.NCCC[C@H](N)C(=O)O.O=C(O)Cc1ccccc1. The molecule has 2 aromatic carbocycles. The maximum absolute atomic E-state index is 11.2. The van der Waals surface area contributed by atoms with Crippen molar-refractivity contribution >= 4 is 29.8 Å². The van der Waals surface area contributed by atoms with Crippen LogP contribution in [0.5, 0.6) is 0 Å². The predicted octanol–water partition coefficient (Wildman–Crippen LogP) is 3.97. The molecule has 9 N–H and O–H groups in total. The Morgan fingerprint density at radius 1 is 1.00 bits per heavy atom. The summed E-state index contributed by atoms with van der Waals surface area (Å²) < 4.78 is 0. The number of rotatable bonds is 10. The van der Waals surface area contributed by atoms with Gasteiger partial charge in [-0.25, -0.2) is 0 Å². The fourth-order valence-electron chi connectivity index (χ4n) is 3.46. The van der Waals surface area contributed by atoms with Gasteiger partial charge in [0.15, 0.2) is 0 Å². The highest BCUT2D eigenvalue weighted by Gasteiger charge is 2.09. The molecule has 1 amide bonds. The first-order valence-electron chi connectivity index (χ1n) is 13.7. The number of carbonyl (C=O) groups excluding carboxylic acids is 2. The van der Waals surface area contributed by atoms with Gasteiger partial charge in [-0.1, -0.05) is 56.5 Å². The van der Waals surface area contributed by atoms with E-state index in [4.69, 9.17) is 27.4 Å². The van der Waals surface area contributed by atoms with E-state index in [1.54, 1.807) is 36.4 Å². The number of carboxylic acid groups (broad SMARTS) is 2. The Kier molecular flexibility index (Phi) is 21.2. The molecule has 10 heteroatoms. The standard InChI is InChI=1S/C11H13NO2.C8H8O2.C6H13N.C5H12N2O2/c1-2-3-11(14)12-10-6-4-9(8-13)5-7-10;9-8(10)6-7-4-2-1-3-5-7;7-6-4-2-1-3-5-6;6-3-1-2-4(7)5(8)9/h4-8H,2-3H2,1H3,(H,12,14);1-5H,6H2,(H,9,10);6H,1-5,7H2;4H,1-3,6-7H2,(H,8,9)/t;;;4-/m...0/s1. The molecule has 0 radical (unpaired) electrons. The molecule has 1 saturated carbocycles. The van der Waals surface area contributed by atoms with Crippen molar-refractivity contribution in [3.05, 3.63) is 65.7 Å². The number of benzene rings is 2. The highest BCUT2D eigenvalue weighted by atomic mass is 16.4. The largest absolute Gasteiger partial charge is 0.481 e. The summed E-state index contributed by atoms with van der Waals surface area (Å²) in [5.41, 5.74) is 18.1. The van der Waals surface area contributed by atoms with Gasteiger partial charge in [0.05, 0.1) is 6.42 Å². The smallest absolute Gasteiger partial charge is 0.320 e. The zero-order chi connectivity index (χ0) is 30.2. The Morgan fingerprint density at radius 2 is 1.60 bits per heavy atom. The van der Waals surface area contributed by atoms with Crippen molar-refractivity contribution in [2.45, 2.75) is 83.2 Å². The fraction of sp³-hybridized carbons (Fsp3) is 0.467. The molecule has 3 rings (SSSR count). The number of anilines is 1. The summed E-state index contributed by atoms with van der Waals surface area (Å²) in [5.74, 6) is -1.74. The Hall–Kier alpha value is -3.60. The summed E-state index contributed by atoms with van der Waals surface area (Å²) >= 11 is 0. The molecule has 0 bridgehead atoms. The highest BCUT2D eigenvalue weighted by Crippen LogP contribution is 2.14. The second kappa shape index (κ2) is 23.3. The molecule has 1 aliphatic carbocycles. The lowest BCUT2D eigenvalue weighted by Gasteiger charge is -2.15. The molecular weight excluding hydrogens is 512 g/mol. The maximum Gasteiger partial charge on any atom is 0.320 e. The summed E-state index contributed by atoms with van der Waals surface area (Å²) in [6.07, 6.45) is 10.0. The minimum absolute atomic E-state index is 0.00588. The topological polar surface area (TPSA) is 199 Å². The zero-order valence-corrected chi connectivity index (χ0v) is 23.5. The van der Waals surface area contributed by atoms with Gasteiger partial charge in [0.25, 0.3) is 0 Å². The Bertz CT molecular complexity index is 964. The number of carboxylic acids is 2. The normalized spacial score (nSPS) is 13.0. The first-order valence-corrected chi connectivity index (χ1v) is 13.7. The summed E-state index contributed by atoms with van der Waals surface area (Å²) in [7, 11) is 0. The first kappa shape index (κ1) is 36.4. The van der Waals surface area contributed by atoms with E-state index in [0.29, 0.717) is 37.4 Å². The van der Waals surface area contributed by atoms with Gasteiger partial charge in [0.1, 0.15) is 12.3 Å². The number of hydrogen-bond donors (Lipinski definition) is 6. The van der Waals surface area contributed by atoms with Crippen LogP contribution in [0.25, 0.3) is 0 Å². The lowest BCUT2D eigenvalue weighted by molar-refractivity contribution is -0.139. The second-order valence-electron chi connectivity index (χ2n) is 9.37. The third kappa shape index (κ3) is 20.4. The van der Waals surface area contributed by atoms with Crippen LogP contribution >= 0.6 is 0 Å². The van der Waals surface area contributed by atoms with E-state index in [-0.39, 0.29) is 12.3 Å². The monoisotopic (exact) mass is 558 g/mol. The quantitative estimate of drug-likeness (QED) is 0.233. The summed E-state index contributed by atoms with van der Waals surface area (Å²) in [5, 5.41) is 19.3. The van der Waals surface area contributed by atoms with Crippen LogP contribution in [-0.2, 0) is 20.8 Å². The van der Waals surface area contributed by atoms with E-state index in [0.717, 1.165) is 24.0 Å². The van der Waals surface area contributed by atoms with E-state index < -0.39 is 18.0 Å². The second-order valence-corrected chi connectivity index (χ2v) is 9.37. The number of carbonyl (C=O) groups is 4. The molecule has 0 saturated heterocycles. The number of nitrogens with two attached hydrogens (primary N) is 3. The lowest BCUT2D eigenvalue weighted by Crippen LogP contribution is -2.30. The Balaban J connectivity index is 0.000000523. The molecule has 40 heavy (non-hydrogen) atoms. The summed E-state index contributed by atoms with van der Waals surface area (Å²) in [4.78, 5) is 41.7. The molecule has 0 spiro atoms. The van der Waals surface area contributed by atoms with Crippen molar-refractivity contribution in [2.75, 3.05) is 11.9 Å². The van der Waals surface area contributed by atoms with Crippen LogP contribution in [0.3, 0.4) is 0 Å². The minimum atomic E-state index is -0.955. The molecule has 0 aliphatic heterocycles. The molecule has 1 atom stereocenters. The maximum atomic E-state index is 11.2. The van der Waals surface area contributed by atoms with Crippen molar-refractivity contribution in [3.63, 3.8) is 0 Å². The van der Waals surface area contributed by atoms with E-state index in [9.17, 15) is 19.2 Å². The average molecular weight is 559 g/mol. The van der Waals surface area contributed by atoms with Crippen molar-refractivity contribution in [2.24, 2.45) is 17.2 Å². The van der Waals surface area contributed by atoms with Gasteiger partial charge in [-0.3, -0.25) is 19.2 Å². The molecule has 10 nitrogen and oxygen atoms in total. The molecule has 1 fully saturated rings. The van der Waals surface area contributed by atoms with Gasteiger partial charge in [-0.2, -0.15) is 0 Å². The third-order valence-corrected chi connectivity index (χ3v) is 5.69. The number of aliphatic carboxylic acids is 2. The molecule has 0 aromatic heterocycles. The molecule has 2 aromatic rings. The highest BCUT2D eigenvalue weighted by molar-refractivity contribution is 5.91. The van der Waals surface area contributed by atoms with Crippen LogP contribution < -0.4 is 22.5 Å². The molecule has 0 unspecified atom stereocenters. The summed E-state index contributed by atoms with van der Waals surface area (Å²) in [6.45, 7) is 2.45. The van der Waals surface area contributed by atoms with E-state index in [1.165, 1.54) is 32.1 Å². The molecule has 222 valence electrons. The third-order valence-electron chi connectivity index (χ3n) is 5.69. The van der Waals surface area contributed by atoms with Gasteiger partial charge < -0.3 is 32.7 Å². The van der Waals surface area contributed by atoms with Crippen LogP contribution in [0.2, 0.25) is 0 Å². The molecule has 1 aliphatic rings. The van der Waals surface area contributed by atoms with Gasteiger partial charge >= 0.3 is 11.9 Å². The number of aldehydes is 1. The Morgan fingerprint density at radius 3 is 2.02 bits per heavy atom. The predicted molar refractivity (Wildman–Crippen MR) is 158 cm³/mol. The average Bonchev–Trinajstić information content (AvgIpc) is 2.94. The molecular formula is C30H46N4O6. The van der Waals surface area contributed by atoms with Gasteiger partial charge in [-0.15, -0.1) is 0 Å². The van der Waals surface area contributed by atoms with Gasteiger partial charge in [0.2, 0.25) is 5.91 Å². The van der Waals surface area contributed by atoms with E-state index >= 15 is 0 Å². The van der Waals surface area contributed by atoms with Crippen LogP contribution in [0.1, 0.15) is 80.6 Å². The summed E-state index contributed by atoms with van der Waals surface area (Å²) in [6, 6.07) is 15.7. The van der Waals surface area contributed by atoms with E-state index in [2.05, 4.69) is 5.32 Å². The lowest BCUT2D eigenvalue weighted by atomic mass is 9.97. The van der Waals surface area contributed by atoms with Gasteiger partial charge in [-0.05, 0) is 68.5 Å². The minimum Gasteiger partial charge on any atom is -0.481 e. The van der Waals surface area contributed by atoms with Crippen LogP contribution in [0.15, 0.2) is 54.6 Å². The zero-order valence-electron chi connectivity index (χ0n) is 23.5. The van der Waals surface area contributed by atoms with Crippen molar-refractivity contribution < 1.29 is 29.4 Å². The van der Waals surface area contributed by atoms with Crippen molar-refractivity contribution in [1.82, 2.24) is 0 Å². The Labute approximate surface area is 237 Å². The first-order chi connectivity index (χ1) is 19.1. The van der Waals surface area contributed by atoms with Crippen LogP contribution in [-0.4, -0.2) is 53.0 Å². The number of amides is 1. The van der Waals surface area contributed by atoms with Crippen molar-refractivity contribution in [1.29, 1.82) is 0 Å². The van der Waals surface area contributed by atoms with Crippen LogP contribution in [0, 0.1) is 0 Å².